The standard InChI is InChI=1S/C14H21NO3.C4H10O/c1-11(2)9-13(15(3)17)14(16)18-10-12-7-5-4-6-8-12;1-4(2,3)5/h5,7-8,13,17H,1,4,6,9-10H2,2-3H3;5H,1-3H3/t13-;/m0./s1. The lowest BCUT2D eigenvalue weighted by atomic mass is 10.1. The number of hydroxylamine groups is 2. The Hall–Kier alpha value is -1.43. The van der Waals surface area contributed by atoms with Crippen LogP contribution in [0.3, 0.4) is 0 Å². The number of hydrogen-bond acceptors (Lipinski definition) is 5. The molecule has 1 aliphatic rings. The molecule has 0 heterocycles. The van der Waals surface area contributed by atoms with E-state index in [0.29, 0.717) is 6.42 Å². The fourth-order valence-corrected chi connectivity index (χ4v) is 1.72. The van der Waals surface area contributed by atoms with Gasteiger partial charge in [0.1, 0.15) is 12.6 Å². The monoisotopic (exact) mass is 325 g/mol. The van der Waals surface area contributed by atoms with Gasteiger partial charge in [0.25, 0.3) is 0 Å². The fraction of sp³-hybridized carbons (Fsp3) is 0.611. The predicted octanol–water partition coefficient (Wildman–Crippen LogP) is 3.24. The molecule has 5 heteroatoms. The molecule has 0 bridgehead atoms. The molecule has 0 aromatic carbocycles. The van der Waals surface area contributed by atoms with Crippen LogP contribution in [-0.4, -0.2) is 46.6 Å². The van der Waals surface area contributed by atoms with Crippen molar-refractivity contribution in [3.05, 3.63) is 36.0 Å². The third-order valence-electron chi connectivity index (χ3n) is 2.72. The molecule has 0 aromatic heterocycles. The van der Waals surface area contributed by atoms with Crippen molar-refractivity contribution < 1.29 is 19.8 Å². The molecule has 2 N–H and O–H groups in total. The van der Waals surface area contributed by atoms with Crippen LogP contribution in [0.1, 0.15) is 47.0 Å². The van der Waals surface area contributed by atoms with Crippen LogP contribution in [-0.2, 0) is 9.53 Å². The molecule has 0 fully saturated rings. The van der Waals surface area contributed by atoms with E-state index in [1.807, 2.05) is 13.0 Å². The second kappa shape index (κ2) is 10.4. The number of carbonyl (C=O) groups excluding carboxylic acids is 1. The largest absolute Gasteiger partial charge is 0.460 e. The minimum absolute atomic E-state index is 0.260. The maximum atomic E-state index is 11.8. The summed E-state index contributed by atoms with van der Waals surface area (Å²) in [4.78, 5) is 11.8. The maximum Gasteiger partial charge on any atom is 0.326 e. The van der Waals surface area contributed by atoms with Crippen molar-refractivity contribution in [2.75, 3.05) is 13.7 Å². The second-order valence-electron chi connectivity index (χ2n) is 6.79. The Kier molecular flexibility index (Phi) is 9.72. The number of aliphatic hydroxyl groups is 1. The van der Waals surface area contributed by atoms with Crippen molar-refractivity contribution in [2.24, 2.45) is 0 Å². The number of rotatable bonds is 6. The first-order valence-corrected chi connectivity index (χ1v) is 7.81. The normalized spacial score (nSPS) is 15.4. The Morgan fingerprint density at radius 3 is 2.39 bits per heavy atom. The number of hydrogen-bond donors (Lipinski definition) is 2. The van der Waals surface area contributed by atoms with E-state index in [9.17, 15) is 10.0 Å². The van der Waals surface area contributed by atoms with Gasteiger partial charge >= 0.3 is 5.97 Å². The van der Waals surface area contributed by atoms with Crippen LogP contribution in [0, 0.1) is 0 Å². The number of ether oxygens (including phenoxy) is 1. The molecule has 5 nitrogen and oxygen atoms in total. The smallest absolute Gasteiger partial charge is 0.326 e. The predicted molar refractivity (Wildman–Crippen MR) is 92.2 cm³/mol. The molecule has 0 saturated heterocycles. The van der Waals surface area contributed by atoms with E-state index in [4.69, 9.17) is 9.84 Å². The maximum absolute atomic E-state index is 11.8. The van der Waals surface area contributed by atoms with Crippen molar-refractivity contribution in [2.45, 2.75) is 58.6 Å². The van der Waals surface area contributed by atoms with Crippen molar-refractivity contribution in [3.63, 3.8) is 0 Å². The molecular weight excluding hydrogens is 294 g/mol. The summed E-state index contributed by atoms with van der Waals surface area (Å²) in [6.07, 6.45) is 8.50. The minimum atomic E-state index is -0.685. The molecule has 0 aliphatic heterocycles. The summed E-state index contributed by atoms with van der Waals surface area (Å²) in [5.41, 5.74) is 1.33. The first kappa shape index (κ1) is 21.6. The van der Waals surface area contributed by atoms with Crippen LogP contribution in [0.15, 0.2) is 36.0 Å². The van der Waals surface area contributed by atoms with Gasteiger partial charge < -0.3 is 15.1 Å². The summed E-state index contributed by atoms with van der Waals surface area (Å²) in [6, 6.07) is -0.685. The van der Waals surface area contributed by atoms with E-state index in [1.54, 1.807) is 20.8 Å². The molecule has 0 saturated carbocycles. The van der Waals surface area contributed by atoms with Crippen molar-refractivity contribution >= 4 is 5.97 Å². The fourth-order valence-electron chi connectivity index (χ4n) is 1.72. The van der Waals surface area contributed by atoms with Crippen molar-refractivity contribution in [1.29, 1.82) is 0 Å². The minimum Gasteiger partial charge on any atom is -0.460 e. The van der Waals surface area contributed by atoms with Gasteiger partial charge in [0.2, 0.25) is 0 Å². The topological polar surface area (TPSA) is 70.0 Å². The van der Waals surface area contributed by atoms with Crippen LogP contribution >= 0.6 is 0 Å². The van der Waals surface area contributed by atoms with Gasteiger partial charge in [-0.3, -0.25) is 4.79 Å². The highest BCUT2D eigenvalue weighted by molar-refractivity contribution is 5.76. The number of likely N-dealkylation sites (N-methyl/N-ethyl adjacent to an activating group) is 1. The van der Waals surface area contributed by atoms with Gasteiger partial charge in [0.15, 0.2) is 0 Å². The highest BCUT2D eigenvalue weighted by Gasteiger charge is 2.24. The number of esters is 1. The molecular formula is C18H31NO4. The Morgan fingerprint density at radius 2 is 2.00 bits per heavy atom. The number of carbonyl (C=O) groups is 1. The van der Waals surface area contributed by atoms with Gasteiger partial charge in [-0.15, -0.1) is 6.58 Å². The quantitative estimate of drug-likeness (QED) is 0.446. The summed E-state index contributed by atoms with van der Waals surface area (Å²) in [5, 5.41) is 18.8. The first-order chi connectivity index (χ1) is 10.5. The summed E-state index contributed by atoms with van der Waals surface area (Å²) >= 11 is 0. The average Bonchev–Trinajstić information content (AvgIpc) is 2.41. The van der Waals surface area contributed by atoms with E-state index in [-0.39, 0.29) is 6.61 Å². The van der Waals surface area contributed by atoms with E-state index in [2.05, 4.69) is 18.7 Å². The van der Waals surface area contributed by atoms with Crippen LogP contribution in [0.25, 0.3) is 0 Å². The highest BCUT2D eigenvalue weighted by atomic mass is 16.5. The highest BCUT2D eigenvalue weighted by Crippen LogP contribution is 2.12. The SMILES string of the molecule is C=C(C)C[C@@H](C(=O)OCC1=CCCC=C1)N(C)O.CC(C)(C)O. The van der Waals surface area contributed by atoms with Crippen LogP contribution in [0.5, 0.6) is 0 Å². The summed E-state index contributed by atoms with van der Waals surface area (Å²) in [6.45, 7) is 11.0. The van der Waals surface area contributed by atoms with Crippen LogP contribution in [0.4, 0.5) is 0 Å². The average molecular weight is 325 g/mol. The Bertz CT molecular complexity index is 438. The second-order valence-corrected chi connectivity index (χ2v) is 6.79. The first-order valence-electron chi connectivity index (χ1n) is 7.81. The lowest BCUT2D eigenvalue weighted by Crippen LogP contribution is -2.38. The molecule has 1 rings (SSSR count). The van der Waals surface area contributed by atoms with E-state index in [0.717, 1.165) is 29.1 Å². The number of allylic oxidation sites excluding steroid dienone is 2. The third kappa shape index (κ3) is 12.8. The van der Waals surface area contributed by atoms with Gasteiger partial charge in [0, 0.05) is 7.05 Å². The molecule has 1 atom stereocenters. The molecule has 0 amide bonds. The molecule has 23 heavy (non-hydrogen) atoms. The van der Waals surface area contributed by atoms with Gasteiger partial charge in [-0.25, -0.2) is 0 Å². The molecule has 0 spiro atoms. The van der Waals surface area contributed by atoms with Crippen LogP contribution < -0.4 is 0 Å². The summed E-state index contributed by atoms with van der Waals surface area (Å²) in [5.74, 6) is -0.428. The molecule has 0 aromatic rings. The zero-order chi connectivity index (χ0) is 18.0. The molecule has 1 aliphatic carbocycles. The third-order valence-corrected chi connectivity index (χ3v) is 2.72. The zero-order valence-electron chi connectivity index (χ0n) is 15.0. The van der Waals surface area contributed by atoms with E-state index >= 15 is 0 Å². The Balaban J connectivity index is 0.000000841. The van der Waals surface area contributed by atoms with Gasteiger partial charge in [0.05, 0.1) is 5.60 Å². The molecule has 0 radical (unpaired) electrons. The van der Waals surface area contributed by atoms with Crippen molar-refractivity contribution in [1.82, 2.24) is 5.06 Å². The molecule has 0 unspecified atom stereocenters. The Morgan fingerprint density at radius 1 is 1.43 bits per heavy atom. The zero-order valence-corrected chi connectivity index (χ0v) is 15.0. The van der Waals surface area contributed by atoms with Crippen molar-refractivity contribution in [3.8, 4) is 0 Å². The number of nitrogens with zero attached hydrogens (tertiary/aromatic N) is 1. The van der Waals surface area contributed by atoms with Crippen LogP contribution in [0.2, 0.25) is 0 Å². The lowest BCUT2D eigenvalue weighted by Gasteiger charge is -2.21. The van der Waals surface area contributed by atoms with E-state index < -0.39 is 17.6 Å². The van der Waals surface area contributed by atoms with E-state index in [1.165, 1.54) is 7.05 Å². The lowest BCUT2D eigenvalue weighted by molar-refractivity contribution is -0.167. The molecule has 132 valence electrons. The Labute approximate surface area is 139 Å². The summed E-state index contributed by atoms with van der Waals surface area (Å²) in [7, 11) is 1.44. The van der Waals surface area contributed by atoms with Gasteiger partial charge in [-0.1, -0.05) is 23.8 Å². The van der Waals surface area contributed by atoms with Gasteiger partial charge in [-0.2, -0.15) is 5.06 Å². The summed E-state index contributed by atoms with van der Waals surface area (Å²) < 4.78 is 5.20. The van der Waals surface area contributed by atoms with Gasteiger partial charge in [-0.05, 0) is 52.5 Å².